The molecule has 0 unspecified atom stereocenters. The normalized spacial score (nSPS) is 31.2. The number of rotatable bonds is 3. The van der Waals surface area contributed by atoms with Gasteiger partial charge in [-0.25, -0.2) is 13.8 Å². The molecule has 28 heavy (non-hydrogen) atoms. The number of halogens is 2. The number of likely N-dealkylation sites (tertiary alicyclic amines) is 1. The second kappa shape index (κ2) is 6.88. The molecule has 4 aliphatic rings. The van der Waals surface area contributed by atoms with Crippen LogP contribution in [0.15, 0.2) is 23.6 Å². The molecular formula is C21H23F2N3OS. The first-order chi connectivity index (χ1) is 13.5. The van der Waals surface area contributed by atoms with Crippen molar-refractivity contribution in [1.29, 1.82) is 0 Å². The van der Waals surface area contributed by atoms with Gasteiger partial charge in [-0.15, -0.1) is 11.3 Å². The molecule has 1 amide bonds. The Hall–Kier alpha value is -1.86. The van der Waals surface area contributed by atoms with Gasteiger partial charge in [0.25, 0.3) is 0 Å². The number of carbonyl (C=O) groups is 1. The highest BCUT2D eigenvalue weighted by Crippen LogP contribution is 2.46. The zero-order valence-corrected chi connectivity index (χ0v) is 16.6. The number of carbonyl (C=O) groups excluding carboxylic acids is 1. The summed E-state index contributed by atoms with van der Waals surface area (Å²) in [6.07, 6.45) is 2.47. The van der Waals surface area contributed by atoms with Crippen molar-refractivity contribution in [2.45, 2.75) is 44.2 Å². The predicted molar refractivity (Wildman–Crippen MR) is 103 cm³/mol. The molecule has 0 saturated carbocycles. The Morgan fingerprint density at radius 3 is 2.54 bits per heavy atom. The van der Waals surface area contributed by atoms with Crippen LogP contribution in [-0.4, -0.2) is 52.4 Å². The van der Waals surface area contributed by atoms with Crippen LogP contribution in [0, 0.1) is 24.5 Å². The van der Waals surface area contributed by atoms with Crippen LogP contribution in [0.3, 0.4) is 0 Å². The summed E-state index contributed by atoms with van der Waals surface area (Å²) in [4.78, 5) is 22.0. The number of hydrogen-bond donors (Lipinski definition) is 0. The SMILES string of the molecule is Cc1nc(CC(=O)N2C[C@@H](c3cc(F)cc(F)c3)[C@@H]3[C@H]2C2CCN3CC2)cs1. The minimum Gasteiger partial charge on any atom is -0.337 e. The third-order valence-corrected chi connectivity index (χ3v) is 7.45. The van der Waals surface area contributed by atoms with Crippen molar-refractivity contribution in [2.24, 2.45) is 5.92 Å². The maximum absolute atomic E-state index is 13.9. The number of benzene rings is 1. The van der Waals surface area contributed by atoms with Crippen LogP contribution >= 0.6 is 11.3 Å². The van der Waals surface area contributed by atoms with Crippen molar-refractivity contribution < 1.29 is 13.6 Å². The van der Waals surface area contributed by atoms with Crippen molar-refractivity contribution in [3.8, 4) is 0 Å². The van der Waals surface area contributed by atoms with Crippen LogP contribution in [0.25, 0.3) is 0 Å². The van der Waals surface area contributed by atoms with E-state index >= 15 is 0 Å². The van der Waals surface area contributed by atoms with E-state index < -0.39 is 11.6 Å². The molecule has 6 rings (SSSR count). The summed E-state index contributed by atoms with van der Waals surface area (Å²) >= 11 is 1.55. The minimum absolute atomic E-state index is 0.0561. The zero-order chi connectivity index (χ0) is 19.4. The van der Waals surface area contributed by atoms with E-state index in [1.54, 1.807) is 11.3 Å². The van der Waals surface area contributed by atoms with Crippen molar-refractivity contribution in [2.75, 3.05) is 19.6 Å². The fourth-order valence-electron chi connectivity index (χ4n) is 5.53. The number of nitrogens with zero attached hydrogens (tertiary/aromatic N) is 3. The standard InChI is InChI=1S/C21H23F2N3OS/c1-12-24-17(11-28-12)9-19(27)26-10-18(14-6-15(22)8-16(23)7-14)21-20(26)13-2-4-25(21)5-3-13/h6-8,11,13,18,20-21H,2-5,9-10H2,1H3/t18-,20+,21+/m0/s1. The minimum atomic E-state index is -0.551. The topological polar surface area (TPSA) is 36.4 Å². The molecule has 1 aromatic heterocycles. The molecule has 2 aromatic rings. The van der Waals surface area contributed by atoms with Crippen LogP contribution in [0.4, 0.5) is 8.78 Å². The van der Waals surface area contributed by atoms with E-state index in [4.69, 9.17) is 0 Å². The Morgan fingerprint density at radius 2 is 1.89 bits per heavy atom. The molecular weight excluding hydrogens is 380 g/mol. The molecule has 0 aliphatic carbocycles. The lowest BCUT2D eigenvalue weighted by Crippen LogP contribution is -2.60. The molecule has 1 aromatic carbocycles. The number of thiazole rings is 1. The smallest absolute Gasteiger partial charge is 0.228 e. The number of amides is 1. The van der Waals surface area contributed by atoms with Gasteiger partial charge in [-0.2, -0.15) is 0 Å². The van der Waals surface area contributed by atoms with Gasteiger partial charge in [0.1, 0.15) is 11.6 Å². The number of aryl methyl sites for hydroxylation is 1. The fraction of sp³-hybridized carbons (Fsp3) is 0.524. The van der Waals surface area contributed by atoms with E-state index in [0.29, 0.717) is 24.4 Å². The average molecular weight is 403 g/mol. The van der Waals surface area contributed by atoms with Gasteiger partial charge in [0.15, 0.2) is 0 Å². The molecule has 3 atom stereocenters. The molecule has 4 fully saturated rings. The van der Waals surface area contributed by atoms with E-state index in [2.05, 4.69) is 9.88 Å². The Labute approximate surface area is 167 Å². The second-order valence-electron chi connectivity index (χ2n) is 8.24. The van der Waals surface area contributed by atoms with Gasteiger partial charge >= 0.3 is 0 Å². The largest absolute Gasteiger partial charge is 0.337 e. The molecule has 148 valence electrons. The maximum atomic E-state index is 13.9. The van der Waals surface area contributed by atoms with Gasteiger partial charge in [0.2, 0.25) is 5.91 Å². The molecule has 0 N–H and O–H groups in total. The third-order valence-electron chi connectivity index (χ3n) is 6.63. The van der Waals surface area contributed by atoms with E-state index in [1.807, 2.05) is 17.2 Å². The van der Waals surface area contributed by atoms with Gasteiger partial charge in [0.05, 0.1) is 23.2 Å². The summed E-state index contributed by atoms with van der Waals surface area (Å²) < 4.78 is 27.8. The van der Waals surface area contributed by atoms with Crippen LogP contribution < -0.4 is 0 Å². The quantitative estimate of drug-likeness (QED) is 0.789. The summed E-state index contributed by atoms with van der Waals surface area (Å²) in [6, 6.07) is 4.06. The van der Waals surface area contributed by atoms with Gasteiger partial charge in [-0.3, -0.25) is 9.69 Å². The molecule has 4 saturated heterocycles. The zero-order valence-electron chi connectivity index (χ0n) is 15.8. The summed E-state index contributed by atoms with van der Waals surface area (Å²) in [5, 5.41) is 2.90. The van der Waals surface area contributed by atoms with E-state index in [-0.39, 0.29) is 23.9 Å². The number of hydrogen-bond acceptors (Lipinski definition) is 4. The summed E-state index contributed by atoms with van der Waals surface area (Å²) in [7, 11) is 0. The van der Waals surface area contributed by atoms with E-state index in [1.165, 1.54) is 12.1 Å². The number of aromatic nitrogens is 1. The highest BCUT2D eigenvalue weighted by atomic mass is 32.1. The van der Waals surface area contributed by atoms with Crippen molar-refractivity contribution in [3.05, 3.63) is 51.5 Å². The van der Waals surface area contributed by atoms with Gasteiger partial charge in [-0.1, -0.05) is 0 Å². The van der Waals surface area contributed by atoms with Crippen molar-refractivity contribution in [1.82, 2.24) is 14.8 Å². The molecule has 4 nitrogen and oxygen atoms in total. The lowest BCUT2D eigenvalue weighted by Gasteiger charge is -2.51. The number of piperidine rings is 3. The predicted octanol–water partition coefficient (Wildman–Crippen LogP) is 3.36. The Bertz CT molecular complexity index is 889. The lowest BCUT2D eigenvalue weighted by molar-refractivity contribution is -0.135. The summed E-state index contributed by atoms with van der Waals surface area (Å²) in [5.41, 5.74) is 1.48. The second-order valence-corrected chi connectivity index (χ2v) is 9.31. The lowest BCUT2D eigenvalue weighted by atomic mass is 9.75. The first kappa shape index (κ1) is 18.2. The van der Waals surface area contributed by atoms with Crippen molar-refractivity contribution in [3.63, 3.8) is 0 Å². The van der Waals surface area contributed by atoms with Crippen LogP contribution in [-0.2, 0) is 11.2 Å². The highest BCUT2D eigenvalue weighted by Gasteiger charge is 2.54. The van der Waals surface area contributed by atoms with Crippen LogP contribution in [0.2, 0.25) is 0 Å². The summed E-state index contributed by atoms with van der Waals surface area (Å²) in [5.74, 6) is -0.608. The Balaban J connectivity index is 1.47. The van der Waals surface area contributed by atoms with Gasteiger partial charge in [0, 0.05) is 30.0 Å². The van der Waals surface area contributed by atoms with E-state index in [0.717, 1.165) is 42.7 Å². The third kappa shape index (κ3) is 3.05. The molecule has 0 radical (unpaired) electrons. The summed E-state index contributed by atoms with van der Waals surface area (Å²) in [6.45, 7) is 4.47. The van der Waals surface area contributed by atoms with Gasteiger partial charge in [-0.05, 0) is 56.5 Å². The molecule has 5 heterocycles. The Kier molecular flexibility index (Phi) is 4.47. The highest BCUT2D eigenvalue weighted by molar-refractivity contribution is 7.09. The Morgan fingerprint density at radius 1 is 1.18 bits per heavy atom. The van der Waals surface area contributed by atoms with Gasteiger partial charge < -0.3 is 4.90 Å². The monoisotopic (exact) mass is 403 g/mol. The molecule has 0 spiro atoms. The van der Waals surface area contributed by atoms with Crippen LogP contribution in [0.5, 0.6) is 0 Å². The van der Waals surface area contributed by atoms with Crippen molar-refractivity contribution >= 4 is 17.2 Å². The molecule has 4 aliphatic heterocycles. The molecule has 2 bridgehead atoms. The fourth-order valence-corrected chi connectivity index (χ4v) is 6.15. The van der Waals surface area contributed by atoms with E-state index in [9.17, 15) is 13.6 Å². The average Bonchev–Trinajstić information content (AvgIpc) is 3.27. The maximum Gasteiger partial charge on any atom is 0.228 e. The van der Waals surface area contributed by atoms with Crippen LogP contribution in [0.1, 0.15) is 35.0 Å². The molecule has 7 heteroatoms. The first-order valence-corrected chi connectivity index (χ1v) is 10.8. The number of fused-ring (bicyclic) bond motifs is 2. The first-order valence-electron chi connectivity index (χ1n) is 9.90.